The molecule has 0 spiro atoms. The van der Waals surface area contributed by atoms with Crippen LogP contribution in [0.4, 0.5) is 5.69 Å². The van der Waals surface area contributed by atoms with Crippen molar-refractivity contribution in [3.05, 3.63) is 53.6 Å². The van der Waals surface area contributed by atoms with E-state index in [4.69, 9.17) is 4.74 Å². The second-order valence-corrected chi connectivity index (χ2v) is 6.54. The summed E-state index contributed by atoms with van der Waals surface area (Å²) < 4.78 is 30.5. The number of esters is 1. The Hall–Kier alpha value is -2.48. The maximum Gasteiger partial charge on any atom is 0.338 e. The van der Waals surface area contributed by atoms with Crippen molar-refractivity contribution >= 4 is 21.7 Å². The van der Waals surface area contributed by atoms with Gasteiger partial charge in [-0.1, -0.05) is 6.07 Å². The Bertz CT molecular complexity index is 806. The molecule has 2 aromatic rings. The van der Waals surface area contributed by atoms with E-state index >= 15 is 0 Å². The maximum absolute atomic E-state index is 12.0. The number of ether oxygens (including phenoxy) is 1. The standard InChI is InChI=1S/C14H13N3O4S/c18-14(21-6-4-12-3-5-15-9-16-12)10-1-2-11-8-22(19,20)17-13(11)7-10/h1-3,5,7,9,17H,4,6,8H2. The van der Waals surface area contributed by atoms with Gasteiger partial charge in [0.05, 0.1) is 23.6 Å². The molecule has 114 valence electrons. The fourth-order valence-corrected chi connectivity index (χ4v) is 3.39. The molecular weight excluding hydrogens is 306 g/mol. The highest BCUT2D eigenvalue weighted by molar-refractivity contribution is 7.92. The molecular formula is C14H13N3O4S. The van der Waals surface area contributed by atoms with Crippen LogP contribution >= 0.6 is 0 Å². The zero-order chi connectivity index (χ0) is 15.6. The van der Waals surface area contributed by atoms with Gasteiger partial charge in [-0.25, -0.2) is 23.2 Å². The van der Waals surface area contributed by atoms with Gasteiger partial charge in [-0.05, 0) is 23.8 Å². The van der Waals surface area contributed by atoms with E-state index in [9.17, 15) is 13.2 Å². The third-order valence-corrected chi connectivity index (χ3v) is 4.41. The summed E-state index contributed by atoms with van der Waals surface area (Å²) in [4.78, 5) is 19.8. The monoisotopic (exact) mass is 319 g/mol. The summed E-state index contributed by atoms with van der Waals surface area (Å²) in [5.74, 6) is -0.561. The van der Waals surface area contributed by atoms with Gasteiger partial charge in [-0.15, -0.1) is 0 Å². The quantitative estimate of drug-likeness (QED) is 0.848. The number of sulfonamides is 1. The van der Waals surface area contributed by atoms with Crippen molar-refractivity contribution in [3.8, 4) is 0 Å². The minimum absolute atomic E-state index is 0.0641. The first-order chi connectivity index (χ1) is 10.5. The number of hydrogen-bond donors (Lipinski definition) is 1. The summed E-state index contributed by atoms with van der Waals surface area (Å²) >= 11 is 0. The predicted molar refractivity (Wildman–Crippen MR) is 78.7 cm³/mol. The molecule has 2 heterocycles. The Balaban J connectivity index is 1.62. The molecule has 1 aromatic heterocycles. The van der Waals surface area contributed by atoms with E-state index in [-0.39, 0.29) is 12.4 Å². The molecule has 0 aliphatic carbocycles. The van der Waals surface area contributed by atoms with Crippen molar-refractivity contribution in [1.82, 2.24) is 9.97 Å². The number of nitrogens with one attached hydrogen (secondary N) is 1. The Morgan fingerprint density at radius 2 is 2.18 bits per heavy atom. The van der Waals surface area contributed by atoms with E-state index in [1.54, 1.807) is 24.4 Å². The van der Waals surface area contributed by atoms with Crippen molar-refractivity contribution < 1.29 is 17.9 Å². The summed E-state index contributed by atoms with van der Waals surface area (Å²) in [6.07, 6.45) is 3.55. The van der Waals surface area contributed by atoms with Gasteiger partial charge in [0.2, 0.25) is 10.0 Å². The average molecular weight is 319 g/mol. The molecule has 1 aliphatic heterocycles. The highest BCUT2D eigenvalue weighted by Crippen LogP contribution is 2.28. The molecule has 1 aliphatic rings. The van der Waals surface area contributed by atoms with Crippen LogP contribution in [0.1, 0.15) is 21.6 Å². The first-order valence-electron chi connectivity index (χ1n) is 6.59. The van der Waals surface area contributed by atoms with Crippen molar-refractivity contribution in [2.45, 2.75) is 12.2 Å². The van der Waals surface area contributed by atoms with Gasteiger partial charge in [0.25, 0.3) is 0 Å². The summed E-state index contributed by atoms with van der Waals surface area (Å²) in [6.45, 7) is 0.193. The SMILES string of the molecule is O=C(OCCc1ccncn1)c1ccc2c(c1)NS(=O)(=O)C2. The molecule has 1 N–H and O–H groups in total. The third-order valence-electron chi connectivity index (χ3n) is 3.19. The number of hydrogen-bond acceptors (Lipinski definition) is 6. The molecule has 0 amide bonds. The van der Waals surface area contributed by atoms with E-state index in [2.05, 4.69) is 14.7 Å². The van der Waals surface area contributed by atoms with E-state index in [0.29, 0.717) is 23.2 Å². The van der Waals surface area contributed by atoms with Crippen LogP contribution in [-0.2, 0) is 26.9 Å². The van der Waals surface area contributed by atoms with E-state index in [1.807, 2.05) is 0 Å². The summed E-state index contributed by atoms with van der Waals surface area (Å²) in [7, 11) is -3.32. The maximum atomic E-state index is 12.0. The highest BCUT2D eigenvalue weighted by Gasteiger charge is 2.24. The molecule has 0 bridgehead atoms. The van der Waals surface area contributed by atoms with Gasteiger partial charge in [0, 0.05) is 18.3 Å². The molecule has 3 rings (SSSR count). The van der Waals surface area contributed by atoms with Crippen molar-refractivity contribution in [3.63, 3.8) is 0 Å². The number of aromatic nitrogens is 2. The Morgan fingerprint density at radius 1 is 1.32 bits per heavy atom. The lowest BCUT2D eigenvalue weighted by Crippen LogP contribution is -2.09. The molecule has 7 nitrogen and oxygen atoms in total. The number of rotatable bonds is 4. The van der Waals surface area contributed by atoms with Crippen LogP contribution in [0.3, 0.4) is 0 Å². The van der Waals surface area contributed by atoms with Crippen molar-refractivity contribution in [2.24, 2.45) is 0 Å². The number of fused-ring (bicyclic) bond motifs is 1. The molecule has 0 fully saturated rings. The number of carbonyl (C=O) groups is 1. The summed E-state index contributed by atoms with van der Waals surface area (Å²) in [6, 6.07) is 6.42. The fraction of sp³-hybridized carbons (Fsp3) is 0.214. The van der Waals surface area contributed by atoms with E-state index in [0.717, 1.165) is 5.69 Å². The topological polar surface area (TPSA) is 98.2 Å². The number of nitrogens with zero attached hydrogens (tertiary/aromatic N) is 2. The Kier molecular flexibility index (Phi) is 3.76. The largest absolute Gasteiger partial charge is 0.462 e. The lowest BCUT2D eigenvalue weighted by molar-refractivity contribution is 0.0508. The zero-order valence-corrected chi connectivity index (χ0v) is 12.3. The smallest absolute Gasteiger partial charge is 0.338 e. The van der Waals surface area contributed by atoms with Crippen LogP contribution < -0.4 is 4.72 Å². The van der Waals surface area contributed by atoms with Crippen LogP contribution in [0.5, 0.6) is 0 Å². The fourth-order valence-electron chi connectivity index (χ4n) is 2.13. The van der Waals surface area contributed by atoms with Crippen LogP contribution in [0.15, 0.2) is 36.8 Å². The zero-order valence-electron chi connectivity index (χ0n) is 11.5. The van der Waals surface area contributed by atoms with Crippen molar-refractivity contribution in [1.29, 1.82) is 0 Å². The lowest BCUT2D eigenvalue weighted by atomic mass is 10.1. The number of benzene rings is 1. The molecule has 22 heavy (non-hydrogen) atoms. The molecule has 0 saturated heterocycles. The normalized spacial score (nSPS) is 14.9. The van der Waals surface area contributed by atoms with Gasteiger partial charge in [0.1, 0.15) is 6.33 Å². The second kappa shape index (κ2) is 5.72. The van der Waals surface area contributed by atoms with E-state index in [1.165, 1.54) is 12.4 Å². The molecule has 0 unspecified atom stereocenters. The van der Waals surface area contributed by atoms with Gasteiger partial charge in [-0.3, -0.25) is 4.72 Å². The van der Waals surface area contributed by atoms with Crippen LogP contribution in [0, 0.1) is 0 Å². The van der Waals surface area contributed by atoms with E-state index < -0.39 is 16.0 Å². The average Bonchev–Trinajstić information content (AvgIpc) is 2.81. The van der Waals surface area contributed by atoms with Crippen LogP contribution in [-0.4, -0.2) is 31.0 Å². The minimum Gasteiger partial charge on any atom is -0.462 e. The van der Waals surface area contributed by atoms with Crippen LogP contribution in [0.25, 0.3) is 0 Å². The number of anilines is 1. The summed E-state index contributed by atoms with van der Waals surface area (Å²) in [5.41, 5.74) is 2.18. The van der Waals surface area contributed by atoms with Gasteiger partial charge in [-0.2, -0.15) is 0 Å². The molecule has 0 atom stereocenters. The van der Waals surface area contributed by atoms with Crippen molar-refractivity contribution in [2.75, 3.05) is 11.3 Å². The molecule has 0 saturated carbocycles. The first-order valence-corrected chi connectivity index (χ1v) is 8.24. The van der Waals surface area contributed by atoms with Crippen LogP contribution in [0.2, 0.25) is 0 Å². The summed E-state index contributed by atoms with van der Waals surface area (Å²) in [5, 5.41) is 0. The minimum atomic E-state index is -3.32. The lowest BCUT2D eigenvalue weighted by Gasteiger charge is -2.06. The molecule has 0 radical (unpaired) electrons. The predicted octanol–water partition coefficient (Wildman–Crippen LogP) is 1.13. The van der Waals surface area contributed by atoms with Gasteiger partial charge >= 0.3 is 5.97 Å². The highest BCUT2D eigenvalue weighted by atomic mass is 32.2. The molecule has 8 heteroatoms. The molecule has 1 aromatic carbocycles. The third kappa shape index (κ3) is 3.22. The number of carbonyl (C=O) groups excluding carboxylic acids is 1. The van der Waals surface area contributed by atoms with Gasteiger partial charge in [0.15, 0.2) is 0 Å². The van der Waals surface area contributed by atoms with Gasteiger partial charge < -0.3 is 4.74 Å². The Morgan fingerprint density at radius 3 is 2.95 bits per heavy atom. The first kappa shape index (κ1) is 14.5. The Labute approximate surface area is 127 Å². The second-order valence-electron chi connectivity index (χ2n) is 4.82.